The minimum absolute atomic E-state index is 0.000412. The van der Waals surface area contributed by atoms with E-state index >= 15 is 0 Å². The molecule has 1 N–H and O–H groups in total. The fourth-order valence-corrected chi connectivity index (χ4v) is 3.49. The van der Waals surface area contributed by atoms with Gasteiger partial charge in [-0.15, -0.1) is 0 Å². The van der Waals surface area contributed by atoms with Crippen LogP contribution >= 0.6 is 0 Å². The average molecular weight is 414 g/mol. The number of nitrogens with zero attached hydrogens (tertiary/aromatic N) is 1. The second kappa shape index (κ2) is 10.1. The standard InChI is InChI=1S/C23H27FN2O4/c1-16(27)26-12-9-20(10-13-26)30-21-7-6-18(15-22(21)29-2)23(28)25-11-8-17-4-3-5-19(24)14-17/h3-7,14-15,20H,8-13H2,1-2H3,(H,25,28). The van der Waals surface area contributed by atoms with Crippen LogP contribution in [0.1, 0.15) is 35.7 Å². The third-order valence-corrected chi connectivity index (χ3v) is 5.20. The van der Waals surface area contributed by atoms with Gasteiger partial charge in [-0.2, -0.15) is 0 Å². The fourth-order valence-electron chi connectivity index (χ4n) is 3.49. The summed E-state index contributed by atoms with van der Waals surface area (Å²) >= 11 is 0. The Morgan fingerprint density at radius 2 is 1.90 bits per heavy atom. The van der Waals surface area contributed by atoms with Gasteiger partial charge in [-0.3, -0.25) is 9.59 Å². The number of halogens is 1. The fraction of sp³-hybridized carbons (Fsp3) is 0.391. The number of carbonyl (C=O) groups excluding carboxylic acids is 2. The van der Waals surface area contributed by atoms with Crippen molar-refractivity contribution in [3.8, 4) is 11.5 Å². The van der Waals surface area contributed by atoms with Crippen molar-refractivity contribution in [2.45, 2.75) is 32.3 Å². The smallest absolute Gasteiger partial charge is 0.251 e. The predicted molar refractivity (Wildman–Crippen MR) is 111 cm³/mol. The van der Waals surface area contributed by atoms with Crippen LogP contribution in [0.25, 0.3) is 0 Å². The highest BCUT2D eigenvalue weighted by molar-refractivity contribution is 5.94. The van der Waals surface area contributed by atoms with Crippen LogP contribution in [-0.2, 0) is 11.2 Å². The predicted octanol–water partition coefficient (Wildman–Crippen LogP) is 3.20. The lowest BCUT2D eigenvalue weighted by atomic mass is 10.1. The van der Waals surface area contributed by atoms with Crippen LogP contribution in [-0.4, -0.2) is 49.6 Å². The number of rotatable bonds is 7. The van der Waals surface area contributed by atoms with Gasteiger partial charge in [-0.1, -0.05) is 12.1 Å². The SMILES string of the molecule is COc1cc(C(=O)NCCc2cccc(F)c2)ccc1OC1CCN(C(C)=O)CC1. The van der Waals surface area contributed by atoms with Crippen LogP contribution < -0.4 is 14.8 Å². The van der Waals surface area contributed by atoms with E-state index in [2.05, 4.69) is 5.32 Å². The molecule has 30 heavy (non-hydrogen) atoms. The largest absolute Gasteiger partial charge is 0.493 e. The zero-order valence-corrected chi connectivity index (χ0v) is 17.3. The van der Waals surface area contributed by atoms with Crippen molar-refractivity contribution < 1.29 is 23.5 Å². The zero-order valence-electron chi connectivity index (χ0n) is 17.3. The minimum atomic E-state index is -0.286. The Labute approximate surface area is 176 Å². The highest BCUT2D eigenvalue weighted by atomic mass is 19.1. The van der Waals surface area contributed by atoms with Crippen LogP contribution in [0.3, 0.4) is 0 Å². The first-order valence-electron chi connectivity index (χ1n) is 10.1. The van der Waals surface area contributed by atoms with Gasteiger partial charge in [-0.05, 0) is 42.3 Å². The summed E-state index contributed by atoms with van der Waals surface area (Å²) in [5, 5.41) is 2.84. The maximum Gasteiger partial charge on any atom is 0.251 e. The van der Waals surface area contributed by atoms with Crippen molar-refractivity contribution in [3.05, 3.63) is 59.4 Å². The van der Waals surface area contributed by atoms with Gasteiger partial charge in [0.2, 0.25) is 5.91 Å². The van der Waals surface area contributed by atoms with Crippen LogP contribution in [0.2, 0.25) is 0 Å². The molecule has 1 aliphatic heterocycles. The molecule has 160 valence electrons. The molecular formula is C23H27FN2O4. The van der Waals surface area contributed by atoms with E-state index < -0.39 is 0 Å². The van der Waals surface area contributed by atoms with Crippen LogP contribution in [0.5, 0.6) is 11.5 Å². The molecule has 1 aliphatic rings. The van der Waals surface area contributed by atoms with Gasteiger partial charge in [0.15, 0.2) is 11.5 Å². The average Bonchev–Trinajstić information content (AvgIpc) is 2.74. The molecule has 0 aliphatic carbocycles. The van der Waals surface area contributed by atoms with Gasteiger partial charge in [0.05, 0.1) is 7.11 Å². The Balaban J connectivity index is 1.55. The van der Waals surface area contributed by atoms with Crippen molar-refractivity contribution >= 4 is 11.8 Å². The van der Waals surface area contributed by atoms with Crippen LogP contribution in [0.15, 0.2) is 42.5 Å². The summed E-state index contributed by atoms with van der Waals surface area (Å²) in [4.78, 5) is 25.7. The molecule has 2 amide bonds. The highest BCUT2D eigenvalue weighted by Gasteiger charge is 2.23. The molecule has 7 heteroatoms. The molecule has 0 spiro atoms. The molecule has 0 saturated carbocycles. The Kier molecular flexibility index (Phi) is 7.27. The maximum absolute atomic E-state index is 13.2. The minimum Gasteiger partial charge on any atom is -0.493 e. The van der Waals surface area contributed by atoms with E-state index in [1.165, 1.54) is 19.2 Å². The first-order valence-corrected chi connectivity index (χ1v) is 10.1. The molecular weight excluding hydrogens is 387 g/mol. The molecule has 2 aromatic carbocycles. The van der Waals surface area contributed by atoms with E-state index in [1.54, 1.807) is 31.2 Å². The lowest BCUT2D eigenvalue weighted by Crippen LogP contribution is -2.40. The van der Waals surface area contributed by atoms with Gasteiger partial charge < -0.3 is 19.7 Å². The van der Waals surface area contributed by atoms with Crippen molar-refractivity contribution in [2.24, 2.45) is 0 Å². The first-order chi connectivity index (χ1) is 14.5. The molecule has 1 saturated heterocycles. The normalized spacial score (nSPS) is 14.3. The summed E-state index contributed by atoms with van der Waals surface area (Å²) < 4.78 is 24.7. The van der Waals surface area contributed by atoms with Crippen LogP contribution in [0, 0.1) is 5.82 Å². The summed E-state index contributed by atoms with van der Waals surface area (Å²) in [6.07, 6.45) is 2.05. The number of benzene rings is 2. The molecule has 0 bridgehead atoms. The number of hydrogen-bond acceptors (Lipinski definition) is 4. The van der Waals surface area contributed by atoms with Gasteiger partial charge in [0.25, 0.3) is 5.91 Å². The van der Waals surface area contributed by atoms with Gasteiger partial charge >= 0.3 is 0 Å². The molecule has 2 aromatic rings. The van der Waals surface area contributed by atoms with Gasteiger partial charge in [0.1, 0.15) is 11.9 Å². The molecule has 1 heterocycles. The number of amides is 2. The Hall–Kier alpha value is -3.09. The van der Waals surface area contributed by atoms with Crippen molar-refractivity contribution in [1.29, 1.82) is 0 Å². The number of carbonyl (C=O) groups is 2. The summed E-state index contributed by atoms with van der Waals surface area (Å²) in [5.74, 6) is 0.632. The molecule has 1 fully saturated rings. The van der Waals surface area contributed by atoms with Crippen molar-refractivity contribution in [2.75, 3.05) is 26.7 Å². The third kappa shape index (κ3) is 5.72. The topological polar surface area (TPSA) is 67.9 Å². The van der Waals surface area contributed by atoms with E-state index in [0.29, 0.717) is 43.1 Å². The van der Waals surface area contributed by atoms with E-state index in [1.807, 2.05) is 11.0 Å². The van der Waals surface area contributed by atoms with Gasteiger partial charge in [-0.25, -0.2) is 4.39 Å². The number of ether oxygens (including phenoxy) is 2. The molecule has 6 nitrogen and oxygen atoms in total. The maximum atomic E-state index is 13.2. The third-order valence-electron chi connectivity index (χ3n) is 5.20. The molecule has 3 rings (SSSR count). The second-order valence-corrected chi connectivity index (χ2v) is 7.32. The molecule has 0 radical (unpaired) electrons. The number of methoxy groups -OCH3 is 1. The number of piperidine rings is 1. The van der Waals surface area contributed by atoms with E-state index in [9.17, 15) is 14.0 Å². The molecule has 0 unspecified atom stereocenters. The Bertz CT molecular complexity index is 895. The summed E-state index contributed by atoms with van der Waals surface area (Å²) in [6.45, 7) is 3.33. The van der Waals surface area contributed by atoms with Crippen LogP contribution in [0.4, 0.5) is 4.39 Å². The van der Waals surface area contributed by atoms with Crippen molar-refractivity contribution in [1.82, 2.24) is 10.2 Å². The molecule has 0 atom stereocenters. The summed E-state index contributed by atoms with van der Waals surface area (Å²) in [6, 6.07) is 11.4. The van der Waals surface area contributed by atoms with Crippen molar-refractivity contribution in [3.63, 3.8) is 0 Å². The quantitative estimate of drug-likeness (QED) is 0.756. The monoisotopic (exact) mass is 414 g/mol. The summed E-state index contributed by atoms with van der Waals surface area (Å²) in [7, 11) is 1.53. The lowest BCUT2D eigenvalue weighted by molar-refractivity contribution is -0.130. The molecule has 0 aromatic heterocycles. The Morgan fingerprint density at radius 3 is 2.57 bits per heavy atom. The zero-order chi connectivity index (χ0) is 21.5. The van der Waals surface area contributed by atoms with E-state index in [0.717, 1.165) is 18.4 Å². The lowest BCUT2D eigenvalue weighted by Gasteiger charge is -2.31. The number of nitrogens with one attached hydrogen (secondary N) is 1. The van der Waals surface area contributed by atoms with E-state index in [4.69, 9.17) is 9.47 Å². The van der Waals surface area contributed by atoms with E-state index in [-0.39, 0.29) is 23.7 Å². The summed E-state index contributed by atoms with van der Waals surface area (Å²) in [5.41, 5.74) is 1.29. The number of likely N-dealkylation sites (tertiary alicyclic amines) is 1. The Morgan fingerprint density at radius 1 is 1.13 bits per heavy atom. The number of hydrogen-bond donors (Lipinski definition) is 1. The second-order valence-electron chi connectivity index (χ2n) is 7.32. The highest BCUT2D eigenvalue weighted by Crippen LogP contribution is 2.30. The van der Waals surface area contributed by atoms with Gasteiger partial charge in [0, 0.05) is 45.0 Å². The first kappa shape index (κ1) is 21.6.